The van der Waals surface area contributed by atoms with Crippen LogP contribution in [0.2, 0.25) is 10.0 Å². The third kappa shape index (κ3) is 5.98. The summed E-state index contributed by atoms with van der Waals surface area (Å²) in [6, 6.07) is 16.3. The van der Waals surface area contributed by atoms with E-state index in [2.05, 4.69) is 5.32 Å². The van der Waals surface area contributed by atoms with Gasteiger partial charge in [-0.05, 0) is 60.0 Å². The minimum Gasteiger partial charge on any atom is -0.454 e. The molecule has 3 aromatic rings. The zero-order chi connectivity index (χ0) is 22.6. The number of ether oxygens (including phenoxy) is 1. The Morgan fingerprint density at radius 2 is 1.68 bits per heavy atom. The summed E-state index contributed by atoms with van der Waals surface area (Å²) in [4.78, 5) is 12.4. The number of rotatable bonds is 7. The van der Waals surface area contributed by atoms with E-state index in [9.17, 15) is 13.2 Å². The van der Waals surface area contributed by atoms with Crippen molar-refractivity contribution in [1.29, 1.82) is 0 Å². The average Bonchev–Trinajstić information content (AvgIpc) is 2.71. The van der Waals surface area contributed by atoms with Crippen molar-refractivity contribution in [2.45, 2.75) is 24.7 Å². The Morgan fingerprint density at radius 1 is 1.03 bits per heavy atom. The molecule has 0 bridgehead atoms. The highest BCUT2D eigenvalue weighted by Gasteiger charge is 2.13. The minimum atomic E-state index is -3.79. The molecule has 0 atom stereocenters. The molecule has 0 aromatic heterocycles. The molecular weight excluding hydrogens is 459 g/mol. The number of nitrogens with one attached hydrogen (secondary N) is 1. The van der Waals surface area contributed by atoms with Crippen LogP contribution in [0.15, 0.2) is 65.6 Å². The maximum Gasteiger partial charge on any atom is 0.238 e. The van der Waals surface area contributed by atoms with Crippen LogP contribution in [-0.4, -0.2) is 14.3 Å². The van der Waals surface area contributed by atoms with Crippen molar-refractivity contribution in [3.05, 3.63) is 81.8 Å². The number of benzene rings is 3. The maximum atomic E-state index is 12.5. The molecule has 0 heterocycles. The number of hydrogen-bond donors (Lipinski definition) is 2. The number of halogens is 2. The predicted octanol–water partition coefficient (Wildman–Crippen LogP) is 5.18. The maximum absolute atomic E-state index is 12.5. The molecule has 6 nitrogen and oxygen atoms in total. The first-order valence-electron chi connectivity index (χ1n) is 9.33. The lowest BCUT2D eigenvalue weighted by atomic mass is 10.1. The second-order valence-electron chi connectivity index (χ2n) is 6.74. The number of para-hydroxylation sites is 1. The summed E-state index contributed by atoms with van der Waals surface area (Å²) in [5.74, 6) is 0.659. The summed E-state index contributed by atoms with van der Waals surface area (Å²) in [6.45, 7) is 1.99. The van der Waals surface area contributed by atoms with Crippen molar-refractivity contribution in [2.75, 3.05) is 5.32 Å². The van der Waals surface area contributed by atoms with Crippen molar-refractivity contribution < 1.29 is 17.9 Å². The highest BCUT2D eigenvalue weighted by molar-refractivity contribution is 7.89. The smallest absolute Gasteiger partial charge is 0.238 e. The van der Waals surface area contributed by atoms with E-state index in [4.69, 9.17) is 33.1 Å². The molecule has 9 heteroatoms. The lowest BCUT2D eigenvalue weighted by molar-refractivity contribution is -0.115. The van der Waals surface area contributed by atoms with E-state index in [1.807, 2.05) is 19.1 Å². The van der Waals surface area contributed by atoms with Gasteiger partial charge in [0.15, 0.2) is 5.75 Å². The number of sulfonamides is 1. The Kier molecular flexibility index (Phi) is 7.23. The fourth-order valence-corrected chi connectivity index (χ4v) is 3.89. The second-order valence-corrected chi connectivity index (χ2v) is 9.12. The van der Waals surface area contributed by atoms with Crippen LogP contribution in [0.25, 0.3) is 0 Å². The molecule has 0 aliphatic heterocycles. The number of nitrogens with two attached hydrogens (primary N) is 1. The highest BCUT2D eigenvalue weighted by atomic mass is 35.5. The van der Waals surface area contributed by atoms with E-state index in [-0.39, 0.29) is 17.2 Å². The van der Waals surface area contributed by atoms with Crippen LogP contribution in [0.5, 0.6) is 11.5 Å². The summed E-state index contributed by atoms with van der Waals surface area (Å²) in [6.07, 6.45) is 0.813. The summed E-state index contributed by atoms with van der Waals surface area (Å²) < 4.78 is 28.6. The highest BCUT2D eigenvalue weighted by Crippen LogP contribution is 2.37. The molecule has 3 N–H and O–H groups in total. The van der Waals surface area contributed by atoms with Gasteiger partial charge in [-0.2, -0.15) is 0 Å². The Morgan fingerprint density at radius 3 is 2.26 bits per heavy atom. The van der Waals surface area contributed by atoms with Crippen LogP contribution in [0.4, 0.5) is 5.69 Å². The van der Waals surface area contributed by atoms with Crippen LogP contribution < -0.4 is 15.2 Å². The van der Waals surface area contributed by atoms with Crippen molar-refractivity contribution >= 4 is 44.8 Å². The molecule has 1 amide bonds. The number of primary sulfonamides is 1. The standard InChI is InChI=1S/C22H20Cl2N2O4S/c1-2-15-7-6-14(12-20(15)30-22-18(23)4-3-5-19(22)24)13-21(27)26-16-8-10-17(11-9-16)31(25,28)29/h3-12H,2,13H2,1H3,(H,26,27)(H2,25,28,29). The van der Waals surface area contributed by atoms with Crippen molar-refractivity contribution in [2.24, 2.45) is 5.14 Å². The number of aryl methyl sites for hydroxylation is 1. The Balaban J connectivity index is 1.76. The van der Waals surface area contributed by atoms with E-state index in [0.29, 0.717) is 27.2 Å². The Labute approximate surface area is 191 Å². The van der Waals surface area contributed by atoms with Gasteiger partial charge in [0.05, 0.1) is 21.4 Å². The fourth-order valence-electron chi connectivity index (χ4n) is 2.90. The van der Waals surface area contributed by atoms with E-state index in [0.717, 1.165) is 17.5 Å². The average molecular weight is 479 g/mol. The van der Waals surface area contributed by atoms with Gasteiger partial charge in [0.1, 0.15) is 5.75 Å². The summed E-state index contributed by atoms with van der Waals surface area (Å²) in [5, 5.41) is 8.58. The number of carbonyl (C=O) groups excluding carboxylic acids is 1. The summed E-state index contributed by atoms with van der Waals surface area (Å²) in [5.41, 5.74) is 2.13. The monoisotopic (exact) mass is 478 g/mol. The number of amides is 1. The third-order valence-electron chi connectivity index (χ3n) is 4.47. The van der Waals surface area contributed by atoms with Gasteiger partial charge in [-0.15, -0.1) is 0 Å². The SMILES string of the molecule is CCc1ccc(CC(=O)Nc2ccc(S(N)(=O)=O)cc2)cc1Oc1c(Cl)cccc1Cl. The largest absolute Gasteiger partial charge is 0.454 e. The molecule has 3 aromatic carbocycles. The van der Waals surface area contributed by atoms with Gasteiger partial charge in [-0.1, -0.05) is 48.3 Å². The van der Waals surface area contributed by atoms with Gasteiger partial charge in [0, 0.05) is 5.69 Å². The van der Waals surface area contributed by atoms with E-state index in [1.54, 1.807) is 24.3 Å². The van der Waals surface area contributed by atoms with Crippen molar-refractivity contribution in [3.8, 4) is 11.5 Å². The zero-order valence-electron chi connectivity index (χ0n) is 16.6. The van der Waals surface area contributed by atoms with E-state index < -0.39 is 10.0 Å². The quantitative estimate of drug-likeness (QED) is 0.488. The molecular formula is C22H20Cl2N2O4S. The van der Waals surface area contributed by atoms with Crippen LogP contribution in [0.1, 0.15) is 18.1 Å². The van der Waals surface area contributed by atoms with Crippen molar-refractivity contribution in [3.63, 3.8) is 0 Å². The lowest BCUT2D eigenvalue weighted by Crippen LogP contribution is -2.15. The van der Waals surface area contributed by atoms with Crippen LogP contribution >= 0.6 is 23.2 Å². The van der Waals surface area contributed by atoms with Crippen LogP contribution in [-0.2, 0) is 27.7 Å². The predicted molar refractivity (Wildman–Crippen MR) is 123 cm³/mol. The Hall–Kier alpha value is -2.58. The molecule has 31 heavy (non-hydrogen) atoms. The van der Waals surface area contributed by atoms with Gasteiger partial charge < -0.3 is 10.1 Å². The molecule has 0 aliphatic carbocycles. The molecule has 3 rings (SSSR count). The van der Waals surface area contributed by atoms with Gasteiger partial charge in [-0.3, -0.25) is 4.79 Å². The van der Waals surface area contributed by atoms with Gasteiger partial charge in [0.25, 0.3) is 0 Å². The number of hydrogen-bond acceptors (Lipinski definition) is 4. The van der Waals surface area contributed by atoms with Gasteiger partial charge >= 0.3 is 0 Å². The molecule has 0 saturated carbocycles. The van der Waals surface area contributed by atoms with Gasteiger partial charge in [-0.25, -0.2) is 13.6 Å². The molecule has 162 valence electrons. The van der Waals surface area contributed by atoms with Crippen LogP contribution in [0, 0.1) is 0 Å². The van der Waals surface area contributed by atoms with Crippen molar-refractivity contribution in [1.82, 2.24) is 0 Å². The van der Waals surface area contributed by atoms with Crippen LogP contribution in [0.3, 0.4) is 0 Å². The first kappa shape index (κ1) is 23.1. The molecule has 0 spiro atoms. The number of carbonyl (C=O) groups is 1. The molecule has 0 fully saturated rings. The number of anilines is 1. The summed E-state index contributed by atoms with van der Waals surface area (Å²) >= 11 is 12.4. The Bertz CT molecular complexity index is 1190. The van der Waals surface area contributed by atoms with E-state index in [1.165, 1.54) is 24.3 Å². The second kappa shape index (κ2) is 9.70. The van der Waals surface area contributed by atoms with E-state index >= 15 is 0 Å². The normalized spacial score (nSPS) is 11.2. The topological polar surface area (TPSA) is 98.5 Å². The zero-order valence-corrected chi connectivity index (χ0v) is 18.9. The molecule has 0 radical (unpaired) electrons. The first-order chi connectivity index (χ1) is 14.7. The first-order valence-corrected chi connectivity index (χ1v) is 11.6. The molecule has 0 unspecified atom stereocenters. The minimum absolute atomic E-state index is 0.0272. The van der Waals surface area contributed by atoms with Gasteiger partial charge in [0.2, 0.25) is 15.9 Å². The fraction of sp³-hybridized carbons (Fsp3) is 0.136. The molecule has 0 aliphatic rings. The summed E-state index contributed by atoms with van der Waals surface area (Å²) in [7, 11) is -3.79. The molecule has 0 saturated heterocycles. The lowest BCUT2D eigenvalue weighted by Gasteiger charge is -2.14. The third-order valence-corrected chi connectivity index (χ3v) is 6.00.